The van der Waals surface area contributed by atoms with E-state index in [0.717, 1.165) is 0 Å². The van der Waals surface area contributed by atoms with Crippen LogP contribution in [0.15, 0.2) is 24.3 Å². The molecular formula is C14H21N. The van der Waals surface area contributed by atoms with Gasteiger partial charge in [0.25, 0.3) is 0 Å². The molecule has 1 N–H and O–H groups in total. The Hall–Kier alpha value is -0.980. The first-order valence-electron chi connectivity index (χ1n) is 5.88. The quantitative estimate of drug-likeness (QED) is 0.766. The molecule has 2 rings (SSSR count). The van der Waals surface area contributed by atoms with Crippen LogP contribution < -0.4 is 5.32 Å². The van der Waals surface area contributed by atoms with Crippen LogP contribution in [0.1, 0.15) is 38.7 Å². The van der Waals surface area contributed by atoms with E-state index < -0.39 is 0 Å². The molecule has 0 spiro atoms. The highest BCUT2D eigenvalue weighted by Crippen LogP contribution is 2.38. The smallest absolute Gasteiger partial charge is 0.0344 e. The average molecular weight is 203 g/mol. The number of anilines is 1. The average Bonchev–Trinajstić information content (AvgIpc) is 2.45. The van der Waals surface area contributed by atoms with E-state index in [1.807, 2.05) is 0 Å². The van der Waals surface area contributed by atoms with Crippen LogP contribution in [0.2, 0.25) is 0 Å². The zero-order chi connectivity index (χ0) is 10.9. The fourth-order valence-corrected chi connectivity index (χ4v) is 2.53. The molecule has 1 aromatic carbocycles. The van der Waals surface area contributed by atoms with Crippen molar-refractivity contribution in [3.63, 3.8) is 0 Å². The maximum absolute atomic E-state index is 3.64. The zero-order valence-electron chi connectivity index (χ0n) is 10.0. The number of hydrogen-bond acceptors (Lipinski definition) is 1. The van der Waals surface area contributed by atoms with Gasteiger partial charge in [-0.2, -0.15) is 0 Å². The molecule has 1 atom stereocenters. The van der Waals surface area contributed by atoms with Crippen molar-refractivity contribution in [2.24, 2.45) is 5.41 Å². The van der Waals surface area contributed by atoms with Crippen LogP contribution in [-0.4, -0.2) is 6.04 Å². The number of nitrogens with one attached hydrogen (secondary N) is 1. The molecule has 0 radical (unpaired) electrons. The Balaban J connectivity index is 1.99. The van der Waals surface area contributed by atoms with Gasteiger partial charge in [0.1, 0.15) is 0 Å². The number of aryl methyl sites for hydroxylation is 1. The molecule has 1 aromatic rings. The Morgan fingerprint density at radius 1 is 1.33 bits per heavy atom. The molecule has 0 amide bonds. The fraction of sp³-hybridized carbons (Fsp3) is 0.571. The third-order valence-electron chi connectivity index (χ3n) is 3.36. The molecule has 0 bridgehead atoms. The van der Waals surface area contributed by atoms with E-state index >= 15 is 0 Å². The van der Waals surface area contributed by atoms with Crippen LogP contribution in [-0.2, 0) is 0 Å². The summed E-state index contributed by atoms with van der Waals surface area (Å²) in [7, 11) is 0. The molecule has 1 saturated carbocycles. The van der Waals surface area contributed by atoms with Gasteiger partial charge >= 0.3 is 0 Å². The summed E-state index contributed by atoms with van der Waals surface area (Å²) in [5, 5.41) is 3.64. The van der Waals surface area contributed by atoms with Gasteiger partial charge in [0, 0.05) is 11.7 Å². The third-order valence-corrected chi connectivity index (χ3v) is 3.36. The molecule has 0 heterocycles. The molecule has 0 aliphatic heterocycles. The minimum Gasteiger partial charge on any atom is -0.382 e. The first-order chi connectivity index (χ1) is 7.05. The van der Waals surface area contributed by atoms with Gasteiger partial charge in [-0.3, -0.25) is 0 Å². The van der Waals surface area contributed by atoms with E-state index in [4.69, 9.17) is 0 Å². The van der Waals surface area contributed by atoms with E-state index in [1.54, 1.807) is 0 Å². The SMILES string of the molecule is Cc1cccc(NC2CCC(C)(C)C2)c1. The number of benzene rings is 1. The van der Waals surface area contributed by atoms with E-state index in [1.165, 1.54) is 30.5 Å². The normalized spacial score (nSPS) is 24.1. The molecule has 1 heteroatoms. The van der Waals surface area contributed by atoms with E-state index in [0.29, 0.717) is 11.5 Å². The summed E-state index contributed by atoms with van der Waals surface area (Å²) in [4.78, 5) is 0. The second-order valence-electron chi connectivity index (χ2n) is 5.62. The maximum atomic E-state index is 3.64. The molecule has 15 heavy (non-hydrogen) atoms. The van der Waals surface area contributed by atoms with Gasteiger partial charge in [-0.15, -0.1) is 0 Å². The number of rotatable bonds is 2. The molecule has 1 nitrogen and oxygen atoms in total. The minimum atomic E-state index is 0.529. The van der Waals surface area contributed by atoms with Crippen LogP contribution in [0.25, 0.3) is 0 Å². The van der Waals surface area contributed by atoms with E-state index in [2.05, 4.69) is 50.4 Å². The van der Waals surface area contributed by atoms with Crippen molar-refractivity contribution in [2.45, 2.75) is 46.1 Å². The number of hydrogen-bond donors (Lipinski definition) is 1. The van der Waals surface area contributed by atoms with Crippen LogP contribution in [0, 0.1) is 12.3 Å². The highest BCUT2D eigenvalue weighted by atomic mass is 14.9. The molecule has 1 fully saturated rings. The largest absolute Gasteiger partial charge is 0.382 e. The zero-order valence-corrected chi connectivity index (χ0v) is 10.0. The van der Waals surface area contributed by atoms with Crippen LogP contribution in [0.3, 0.4) is 0 Å². The topological polar surface area (TPSA) is 12.0 Å². The summed E-state index contributed by atoms with van der Waals surface area (Å²) < 4.78 is 0. The second kappa shape index (κ2) is 3.88. The third kappa shape index (κ3) is 2.74. The lowest BCUT2D eigenvalue weighted by Gasteiger charge is -2.18. The molecule has 1 unspecified atom stereocenters. The second-order valence-corrected chi connectivity index (χ2v) is 5.62. The minimum absolute atomic E-state index is 0.529. The summed E-state index contributed by atoms with van der Waals surface area (Å²) in [5.74, 6) is 0. The highest BCUT2D eigenvalue weighted by Gasteiger charge is 2.30. The highest BCUT2D eigenvalue weighted by molar-refractivity contribution is 5.46. The molecule has 0 aromatic heterocycles. The molecular weight excluding hydrogens is 182 g/mol. The van der Waals surface area contributed by atoms with Crippen molar-refractivity contribution >= 4 is 5.69 Å². The van der Waals surface area contributed by atoms with Crippen molar-refractivity contribution in [3.8, 4) is 0 Å². The predicted molar refractivity (Wildman–Crippen MR) is 66.2 cm³/mol. The van der Waals surface area contributed by atoms with Gasteiger partial charge in [0.05, 0.1) is 0 Å². The van der Waals surface area contributed by atoms with Gasteiger partial charge in [0.15, 0.2) is 0 Å². The van der Waals surface area contributed by atoms with Gasteiger partial charge in [-0.1, -0.05) is 26.0 Å². The Labute approximate surface area is 92.9 Å². The molecule has 1 aliphatic carbocycles. The van der Waals surface area contributed by atoms with Crippen molar-refractivity contribution in [1.82, 2.24) is 0 Å². The van der Waals surface area contributed by atoms with Crippen LogP contribution >= 0.6 is 0 Å². The van der Waals surface area contributed by atoms with E-state index in [-0.39, 0.29) is 0 Å². The first-order valence-corrected chi connectivity index (χ1v) is 5.88. The summed E-state index contributed by atoms with van der Waals surface area (Å²) in [6.45, 7) is 6.87. The van der Waals surface area contributed by atoms with Crippen molar-refractivity contribution in [2.75, 3.05) is 5.32 Å². The van der Waals surface area contributed by atoms with Gasteiger partial charge in [-0.05, 0) is 49.3 Å². The lowest BCUT2D eigenvalue weighted by molar-refractivity contribution is 0.378. The van der Waals surface area contributed by atoms with E-state index in [9.17, 15) is 0 Å². The Morgan fingerprint density at radius 2 is 2.13 bits per heavy atom. The van der Waals surface area contributed by atoms with Crippen molar-refractivity contribution in [3.05, 3.63) is 29.8 Å². The van der Waals surface area contributed by atoms with Gasteiger partial charge in [-0.25, -0.2) is 0 Å². The Kier molecular flexibility index (Phi) is 2.72. The first kappa shape index (κ1) is 10.5. The van der Waals surface area contributed by atoms with Crippen molar-refractivity contribution in [1.29, 1.82) is 0 Å². The molecule has 1 aliphatic rings. The summed E-state index contributed by atoms with van der Waals surface area (Å²) in [6.07, 6.45) is 3.94. The molecule has 0 saturated heterocycles. The maximum Gasteiger partial charge on any atom is 0.0344 e. The Morgan fingerprint density at radius 3 is 2.73 bits per heavy atom. The summed E-state index contributed by atoms with van der Waals surface area (Å²) in [5.41, 5.74) is 3.14. The van der Waals surface area contributed by atoms with Gasteiger partial charge < -0.3 is 5.32 Å². The lowest BCUT2D eigenvalue weighted by atomic mass is 9.92. The monoisotopic (exact) mass is 203 g/mol. The Bertz CT molecular complexity index is 341. The summed E-state index contributed by atoms with van der Waals surface area (Å²) >= 11 is 0. The van der Waals surface area contributed by atoms with Crippen LogP contribution in [0.4, 0.5) is 5.69 Å². The predicted octanol–water partition coefficient (Wildman–Crippen LogP) is 3.99. The van der Waals surface area contributed by atoms with Crippen LogP contribution in [0.5, 0.6) is 0 Å². The standard InChI is InChI=1S/C14H21N/c1-11-5-4-6-12(9-11)15-13-7-8-14(2,3)10-13/h4-6,9,13,15H,7-8,10H2,1-3H3. The molecule has 82 valence electrons. The lowest BCUT2D eigenvalue weighted by Crippen LogP contribution is -2.17. The fourth-order valence-electron chi connectivity index (χ4n) is 2.53. The van der Waals surface area contributed by atoms with Gasteiger partial charge in [0.2, 0.25) is 0 Å². The summed E-state index contributed by atoms with van der Waals surface area (Å²) in [6, 6.07) is 9.33. The van der Waals surface area contributed by atoms with Crippen molar-refractivity contribution < 1.29 is 0 Å².